The molecule has 3 aromatic heterocycles. The van der Waals surface area contributed by atoms with Crippen LogP contribution in [0.2, 0.25) is 0 Å². The first-order valence-electron chi connectivity index (χ1n) is 11.6. The molecule has 0 saturated carbocycles. The lowest BCUT2D eigenvalue weighted by atomic mass is 10.2. The first-order chi connectivity index (χ1) is 17.9. The van der Waals surface area contributed by atoms with E-state index in [-0.39, 0.29) is 29.4 Å². The Kier molecular flexibility index (Phi) is 7.15. The van der Waals surface area contributed by atoms with Crippen molar-refractivity contribution in [3.8, 4) is 0 Å². The van der Waals surface area contributed by atoms with E-state index in [1.165, 1.54) is 21.4 Å². The number of hydrogen-bond donors (Lipinski definition) is 1. The van der Waals surface area contributed by atoms with E-state index in [0.29, 0.717) is 27.2 Å². The highest BCUT2D eigenvalue weighted by Crippen LogP contribution is 2.34. The Bertz CT molecular complexity index is 1560. The zero-order valence-electron chi connectivity index (χ0n) is 19.9. The second kappa shape index (κ2) is 10.7. The minimum absolute atomic E-state index is 0.218. The molecule has 0 atom stereocenters. The number of thiocarbonyl (C=S) groups is 1. The topological polar surface area (TPSA) is 84.5 Å². The molecule has 4 aromatic rings. The van der Waals surface area contributed by atoms with Gasteiger partial charge in [-0.05, 0) is 48.7 Å². The van der Waals surface area contributed by atoms with Crippen molar-refractivity contribution in [1.29, 1.82) is 0 Å². The number of amides is 1. The molecular weight excluding hydrogens is 511 g/mol. The standard InChI is InChI=1S/C26H23FN6O2S2/c1-17-4-2-12-32-23(17)30-22(29-9-3-11-31-13-10-28-16-31)20(24(32)34)14-21-25(35)33(26(36)37-21)15-18-5-7-19(27)8-6-18/h2,4-8,10,12-14,16,29H,3,9,11,15H2,1H3. The number of nitrogens with one attached hydrogen (secondary N) is 1. The fourth-order valence-corrected chi connectivity index (χ4v) is 5.24. The number of aryl methyl sites for hydroxylation is 2. The van der Waals surface area contributed by atoms with Crippen LogP contribution in [-0.4, -0.2) is 40.6 Å². The molecule has 1 N–H and O–H groups in total. The second-order valence-corrected chi connectivity index (χ2v) is 10.2. The summed E-state index contributed by atoms with van der Waals surface area (Å²) in [5.41, 5.74) is 2.16. The molecule has 1 aliphatic heterocycles. The highest BCUT2D eigenvalue weighted by Gasteiger charge is 2.32. The van der Waals surface area contributed by atoms with Gasteiger partial charge in [0.25, 0.3) is 11.5 Å². The number of thioether (sulfide) groups is 1. The van der Waals surface area contributed by atoms with Crippen LogP contribution in [0.3, 0.4) is 0 Å². The molecule has 0 spiro atoms. The van der Waals surface area contributed by atoms with Gasteiger partial charge < -0.3 is 9.88 Å². The third-order valence-electron chi connectivity index (χ3n) is 5.93. The van der Waals surface area contributed by atoms with E-state index in [0.717, 1.165) is 35.9 Å². The lowest BCUT2D eigenvalue weighted by Gasteiger charge is -2.14. The summed E-state index contributed by atoms with van der Waals surface area (Å²) < 4.78 is 17.1. The molecule has 4 heterocycles. The van der Waals surface area contributed by atoms with E-state index in [1.54, 1.807) is 43.0 Å². The highest BCUT2D eigenvalue weighted by molar-refractivity contribution is 8.26. The number of carbonyl (C=O) groups is 1. The smallest absolute Gasteiger partial charge is 0.267 e. The number of nitrogens with zero attached hydrogens (tertiary/aromatic N) is 5. The summed E-state index contributed by atoms with van der Waals surface area (Å²) in [6, 6.07) is 9.60. The lowest BCUT2D eigenvalue weighted by molar-refractivity contribution is -0.122. The Balaban J connectivity index is 1.45. The van der Waals surface area contributed by atoms with Crippen LogP contribution in [-0.2, 0) is 17.9 Å². The van der Waals surface area contributed by atoms with Crippen LogP contribution in [0.5, 0.6) is 0 Å². The first-order valence-corrected chi connectivity index (χ1v) is 12.8. The van der Waals surface area contributed by atoms with Crippen molar-refractivity contribution in [2.75, 3.05) is 11.9 Å². The van der Waals surface area contributed by atoms with Gasteiger partial charge in [0, 0.05) is 31.7 Å². The number of rotatable bonds is 8. The molecule has 1 aromatic carbocycles. The molecule has 11 heteroatoms. The minimum atomic E-state index is -0.349. The van der Waals surface area contributed by atoms with Crippen LogP contribution in [0, 0.1) is 12.7 Å². The predicted octanol–water partition coefficient (Wildman–Crippen LogP) is 4.24. The van der Waals surface area contributed by atoms with Crippen LogP contribution in [0.4, 0.5) is 10.2 Å². The minimum Gasteiger partial charge on any atom is -0.369 e. The fraction of sp³-hybridized carbons (Fsp3) is 0.192. The molecule has 0 bridgehead atoms. The van der Waals surface area contributed by atoms with Crippen molar-refractivity contribution in [3.63, 3.8) is 0 Å². The van der Waals surface area contributed by atoms with Crippen molar-refractivity contribution < 1.29 is 9.18 Å². The summed E-state index contributed by atoms with van der Waals surface area (Å²) in [5, 5.41) is 3.29. The molecule has 0 unspecified atom stereocenters. The monoisotopic (exact) mass is 534 g/mol. The Morgan fingerprint density at radius 1 is 1.16 bits per heavy atom. The maximum atomic E-state index is 13.5. The van der Waals surface area contributed by atoms with Crippen LogP contribution in [0.25, 0.3) is 11.7 Å². The maximum absolute atomic E-state index is 13.5. The lowest BCUT2D eigenvalue weighted by Crippen LogP contribution is -2.27. The van der Waals surface area contributed by atoms with Crippen LogP contribution < -0.4 is 10.9 Å². The highest BCUT2D eigenvalue weighted by atomic mass is 32.2. The van der Waals surface area contributed by atoms with E-state index < -0.39 is 0 Å². The molecule has 188 valence electrons. The summed E-state index contributed by atoms with van der Waals surface area (Å²) in [4.78, 5) is 37.3. The quantitative estimate of drug-likeness (QED) is 0.206. The van der Waals surface area contributed by atoms with Crippen molar-refractivity contribution in [3.05, 3.63) is 99.1 Å². The first kappa shape index (κ1) is 24.8. The van der Waals surface area contributed by atoms with E-state index >= 15 is 0 Å². The molecule has 1 saturated heterocycles. The third kappa shape index (κ3) is 5.32. The van der Waals surface area contributed by atoms with Gasteiger partial charge in [-0.3, -0.25) is 18.9 Å². The Hall–Kier alpha value is -3.83. The number of anilines is 1. The number of benzene rings is 1. The van der Waals surface area contributed by atoms with Gasteiger partial charge in [-0.2, -0.15) is 0 Å². The van der Waals surface area contributed by atoms with Crippen molar-refractivity contribution in [2.45, 2.75) is 26.4 Å². The maximum Gasteiger partial charge on any atom is 0.267 e. The van der Waals surface area contributed by atoms with Gasteiger partial charge in [-0.25, -0.2) is 14.4 Å². The van der Waals surface area contributed by atoms with Crippen molar-refractivity contribution in [2.24, 2.45) is 0 Å². The summed E-state index contributed by atoms with van der Waals surface area (Å²) in [5.74, 6) is -0.244. The summed E-state index contributed by atoms with van der Waals surface area (Å²) in [7, 11) is 0. The second-order valence-electron chi connectivity index (χ2n) is 8.54. The number of imidazole rings is 1. The van der Waals surface area contributed by atoms with Crippen molar-refractivity contribution in [1.82, 2.24) is 23.8 Å². The number of aromatic nitrogens is 4. The zero-order chi connectivity index (χ0) is 25.9. The molecule has 1 fully saturated rings. The Morgan fingerprint density at radius 2 is 1.97 bits per heavy atom. The fourth-order valence-electron chi connectivity index (χ4n) is 4.00. The van der Waals surface area contributed by atoms with Gasteiger partial charge >= 0.3 is 0 Å². The summed E-state index contributed by atoms with van der Waals surface area (Å²) in [6.07, 6.45) is 9.38. The number of hydrogen-bond acceptors (Lipinski definition) is 7. The molecule has 0 aliphatic carbocycles. The van der Waals surface area contributed by atoms with E-state index in [4.69, 9.17) is 17.2 Å². The average Bonchev–Trinajstić information content (AvgIpc) is 3.49. The van der Waals surface area contributed by atoms with Gasteiger partial charge in [0.15, 0.2) is 0 Å². The number of halogens is 1. The normalized spacial score (nSPS) is 14.8. The molecule has 5 rings (SSSR count). The van der Waals surface area contributed by atoms with Gasteiger partial charge in [-0.15, -0.1) is 0 Å². The Morgan fingerprint density at radius 3 is 2.73 bits per heavy atom. The van der Waals surface area contributed by atoms with E-state index in [9.17, 15) is 14.0 Å². The predicted molar refractivity (Wildman–Crippen MR) is 147 cm³/mol. The van der Waals surface area contributed by atoms with E-state index in [2.05, 4.69) is 10.3 Å². The Labute approximate surface area is 221 Å². The SMILES string of the molecule is Cc1cccn2c(=O)c(C=C3SC(=S)N(Cc4ccc(F)cc4)C3=O)c(NCCCn3ccnc3)nc12. The van der Waals surface area contributed by atoms with Crippen LogP contribution in [0.15, 0.2) is 71.0 Å². The van der Waals surface area contributed by atoms with Gasteiger partial charge in [0.05, 0.1) is 23.3 Å². The largest absolute Gasteiger partial charge is 0.369 e. The zero-order valence-corrected chi connectivity index (χ0v) is 21.6. The number of fused-ring (bicyclic) bond motifs is 1. The summed E-state index contributed by atoms with van der Waals surface area (Å²) >= 11 is 6.58. The van der Waals surface area contributed by atoms with E-state index in [1.807, 2.05) is 23.8 Å². The van der Waals surface area contributed by atoms with Gasteiger partial charge in [-0.1, -0.05) is 42.2 Å². The average molecular weight is 535 g/mol. The van der Waals surface area contributed by atoms with Crippen molar-refractivity contribution >= 4 is 51.7 Å². The summed E-state index contributed by atoms with van der Waals surface area (Å²) in [6.45, 7) is 3.44. The molecule has 1 aliphatic rings. The molecule has 1 amide bonds. The molecule has 0 radical (unpaired) electrons. The van der Waals surface area contributed by atoms with Crippen LogP contribution >= 0.6 is 24.0 Å². The number of pyridine rings is 1. The number of carbonyl (C=O) groups excluding carboxylic acids is 1. The third-order valence-corrected chi connectivity index (χ3v) is 7.31. The van der Waals surface area contributed by atoms with Crippen LogP contribution in [0.1, 0.15) is 23.1 Å². The van der Waals surface area contributed by atoms with Gasteiger partial charge in [0.1, 0.15) is 21.6 Å². The molecule has 37 heavy (non-hydrogen) atoms. The van der Waals surface area contributed by atoms with Gasteiger partial charge in [0.2, 0.25) is 0 Å². The molecular formula is C26H23FN6O2S2. The molecule has 8 nitrogen and oxygen atoms in total.